The molecule has 0 radical (unpaired) electrons. The first-order valence-electron chi connectivity index (χ1n) is 6.99. The number of hydrogen-bond acceptors (Lipinski definition) is 3. The number of carbonyl (C=O) groups is 2. The molecule has 0 saturated heterocycles. The Balaban J connectivity index is 1.80. The van der Waals surface area contributed by atoms with Crippen molar-refractivity contribution in [2.24, 2.45) is 5.73 Å². The summed E-state index contributed by atoms with van der Waals surface area (Å²) in [6, 6.07) is 8.45. The van der Waals surface area contributed by atoms with Crippen molar-refractivity contribution >= 4 is 11.9 Å². The van der Waals surface area contributed by atoms with E-state index in [1.807, 2.05) is 36.5 Å². The summed E-state index contributed by atoms with van der Waals surface area (Å²) in [6.07, 6.45) is 4.31. The van der Waals surface area contributed by atoms with Crippen molar-refractivity contribution in [3.8, 4) is 5.69 Å². The fourth-order valence-electron chi connectivity index (χ4n) is 2.00. The van der Waals surface area contributed by atoms with E-state index in [1.54, 1.807) is 17.8 Å². The van der Waals surface area contributed by atoms with Crippen LogP contribution in [0.25, 0.3) is 5.69 Å². The van der Waals surface area contributed by atoms with Gasteiger partial charge in [0, 0.05) is 18.9 Å². The topological polar surface area (TPSA) is 102 Å². The molecular formula is C15H19N5O2. The number of nitrogens with two attached hydrogens (primary N) is 1. The molecule has 3 amide bonds. The predicted molar refractivity (Wildman–Crippen MR) is 82.5 cm³/mol. The van der Waals surface area contributed by atoms with Gasteiger partial charge in [-0.1, -0.05) is 12.1 Å². The second-order valence-electron chi connectivity index (χ2n) is 4.89. The Bertz CT molecular complexity index is 622. The molecule has 0 spiro atoms. The van der Waals surface area contributed by atoms with Crippen LogP contribution in [0, 0.1) is 0 Å². The third kappa shape index (κ3) is 4.34. The molecule has 0 bridgehead atoms. The van der Waals surface area contributed by atoms with Gasteiger partial charge in [-0.25, -0.2) is 9.48 Å². The SMILES string of the molecule is CC(NC(N)=O)C(=O)NCCc1ccc(-n2cccn2)cc1. The molecule has 1 heterocycles. The van der Waals surface area contributed by atoms with Gasteiger partial charge >= 0.3 is 6.03 Å². The molecule has 0 fully saturated rings. The van der Waals surface area contributed by atoms with Crippen LogP contribution >= 0.6 is 0 Å². The van der Waals surface area contributed by atoms with Crippen molar-refractivity contribution in [1.29, 1.82) is 0 Å². The summed E-state index contributed by atoms with van der Waals surface area (Å²) in [5, 5.41) is 9.24. The fraction of sp³-hybridized carbons (Fsp3) is 0.267. The molecule has 1 atom stereocenters. The molecule has 116 valence electrons. The quantitative estimate of drug-likeness (QED) is 0.727. The second-order valence-corrected chi connectivity index (χ2v) is 4.89. The average molecular weight is 301 g/mol. The summed E-state index contributed by atoms with van der Waals surface area (Å²) in [4.78, 5) is 22.3. The van der Waals surface area contributed by atoms with Crippen molar-refractivity contribution in [2.75, 3.05) is 6.54 Å². The minimum Gasteiger partial charge on any atom is -0.354 e. The number of hydrogen-bond donors (Lipinski definition) is 3. The van der Waals surface area contributed by atoms with Crippen molar-refractivity contribution in [3.63, 3.8) is 0 Å². The number of urea groups is 1. The van der Waals surface area contributed by atoms with Gasteiger partial charge in [-0.3, -0.25) is 4.79 Å². The third-order valence-corrected chi connectivity index (χ3v) is 3.17. The Morgan fingerprint density at radius 2 is 2.05 bits per heavy atom. The van der Waals surface area contributed by atoms with Crippen LogP contribution in [0.2, 0.25) is 0 Å². The van der Waals surface area contributed by atoms with Gasteiger partial charge < -0.3 is 16.4 Å². The van der Waals surface area contributed by atoms with Gasteiger partial charge in [0.15, 0.2) is 0 Å². The lowest BCUT2D eigenvalue weighted by Crippen LogP contribution is -2.47. The van der Waals surface area contributed by atoms with Crippen molar-refractivity contribution in [2.45, 2.75) is 19.4 Å². The zero-order valence-corrected chi connectivity index (χ0v) is 12.3. The van der Waals surface area contributed by atoms with E-state index in [0.29, 0.717) is 13.0 Å². The molecule has 7 nitrogen and oxygen atoms in total. The lowest BCUT2D eigenvalue weighted by molar-refractivity contribution is -0.122. The first-order valence-corrected chi connectivity index (χ1v) is 6.99. The van der Waals surface area contributed by atoms with Crippen molar-refractivity contribution < 1.29 is 9.59 Å². The summed E-state index contributed by atoms with van der Waals surface area (Å²) in [5.74, 6) is -0.257. The van der Waals surface area contributed by atoms with Gasteiger partial charge in [-0.15, -0.1) is 0 Å². The molecule has 2 rings (SSSR count). The standard InChI is InChI=1S/C15H19N5O2/c1-11(19-15(16)22)14(21)17-9-7-12-3-5-13(6-4-12)20-10-2-8-18-20/h2-6,8,10-11H,7,9H2,1H3,(H,17,21)(H3,16,19,22). The fourth-order valence-corrected chi connectivity index (χ4v) is 2.00. The maximum Gasteiger partial charge on any atom is 0.312 e. The molecule has 0 saturated carbocycles. The number of primary amides is 1. The van der Waals surface area contributed by atoms with E-state index in [9.17, 15) is 9.59 Å². The third-order valence-electron chi connectivity index (χ3n) is 3.17. The Morgan fingerprint density at radius 3 is 2.64 bits per heavy atom. The maximum atomic E-state index is 11.7. The molecular weight excluding hydrogens is 282 g/mol. The zero-order chi connectivity index (χ0) is 15.9. The molecule has 22 heavy (non-hydrogen) atoms. The van der Waals surface area contributed by atoms with Gasteiger partial charge in [0.2, 0.25) is 5.91 Å². The summed E-state index contributed by atoms with van der Waals surface area (Å²) in [7, 11) is 0. The maximum absolute atomic E-state index is 11.7. The zero-order valence-electron chi connectivity index (χ0n) is 12.3. The molecule has 7 heteroatoms. The number of rotatable bonds is 6. The van der Waals surface area contributed by atoms with Gasteiger partial charge in [-0.05, 0) is 37.1 Å². The summed E-state index contributed by atoms with van der Waals surface area (Å²) in [6.45, 7) is 2.07. The highest BCUT2D eigenvalue weighted by molar-refractivity contribution is 5.86. The molecule has 0 aliphatic heterocycles. The largest absolute Gasteiger partial charge is 0.354 e. The number of amides is 3. The number of nitrogens with zero attached hydrogens (tertiary/aromatic N) is 2. The molecule has 1 aromatic carbocycles. The van der Waals surface area contributed by atoms with Crippen molar-refractivity contribution in [1.82, 2.24) is 20.4 Å². The first kappa shape index (κ1) is 15.6. The van der Waals surface area contributed by atoms with Crippen LogP contribution in [0.4, 0.5) is 4.79 Å². The Morgan fingerprint density at radius 1 is 1.32 bits per heavy atom. The van der Waals surface area contributed by atoms with Gasteiger partial charge in [0.1, 0.15) is 6.04 Å². The Labute approximate surface area is 128 Å². The van der Waals surface area contributed by atoms with E-state index in [-0.39, 0.29) is 5.91 Å². The van der Waals surface area contributed by atoms with E-state index in [2.05, 4.69) is 15.7 Å². The van der Waals surface area contributed by atoms with Gasteiger partial charge in [-0.2, -0.15) is 5.10 Å². The minimum absolute atomic E-state index is 0.257. The highest BCUT2D eigenvalue weighted by atomic mass is 16.2. The van der Waals surface area contributed by atoms with Crippen LogP contribution < -0.4 is 16.4 Å². The molecule has 1 unspecified atom stereocenters. The minimum atomic E-state index is -0.711. The van der Waals surface area contributed by atoms with Gasteiger partial charge in [0.05, 0.1) is 5.69 Å². The summed E-state index contributed by atoms with van der Waals surface area (Å²) in [5.41, 5.74) is 7.05. The highest BCUT2D eigenvalue weighted by Gasteiger charge is 2.12. The molecule has 1 aromatic heterocycles. The lowest BCUT2D eigenvalue weighted by atomic mass is 10.1. The van der Waals surface area contributed by atoms with E-state index >= 15 is 0 Å². The molecule has 2 aromatic rings. The summed E-state index contributed by atoms with van der Waals surface area (Å²) < 4.78 is 1.78. The van der Waals surface area contributed by atoms with E-state index in [4.69, 9.17) is 5.73 Å². The molecule has 0 aliphatic rings. The average Bonchev–Trinajstić information content (AvgIpc) is 3.01. The summed E-state index contributed by atoms with van der Waals surface area (Å²) >= 11 is 0. The van der Waals surface area contributed by atoms with E-state index < -0.39 is 12.1 Å². The van der Waals surface area contributed by atoms with Crippen molar-refractivity contribution in [3.05, 3.63) is 48.3 Å². The smallest absolute Gasteiger partial charge is 0.312 e. The van der Waals surface area contributed by atoms with Crippen LogP contribution in [-0.4, -0.2) is 34.3 Å². The number of benzene rings is 1. The van der Waals surface area contributed by atoms with Crippen LogP contribution in [0.15, 0.2) is 42.7 Å². The lowest BCUT2D eigenvalue weighted by Gasteiger charge is -2.12. The van der Waals surface area contributed by atoms with Crippen LogP contribution in [0.5, 0.6) is 0 Å². The van der Waals surface area contributed by atoms with Crippen LogP contribution in [0.3, 0.4) is 0 Å². The predicted octanol–water partition coefficient (Wildman–Crippen LogP) is 0.588. The van der Waals surface area contributed by atoms with Crippen LogP contribution in [0.1, 0.15) is 12.5 Å². The second kappa shape index (κ2) is 7.26. The molecule has 0 aliphatic carbocycles. The number of nitrogens with one attached hydrogen (secondary N) is 2. The van der Waals surface area contributed by atoms with E-state index in [0.717, 1.165) is 11.3 Å². The Kier molecular flexibility index (Phi) is 5.13. The molecule has 4 N–H and O–H groups in total. The van der Waals surface area contributed by atoms with Gasteiger partial charge in [0.25, 0.3) is 0 Å². The first-order chi connectivity index (χ1) is 10.6. The highest BCUT2D eigenvalue weighted by Crippen LogP contribution is 2.08. The number of aromatic nitrogens is 2. The number of carbonyl (C=O) groups excluding carboxylic acids is 2. The monoisotopic (exact) mass is 301 g/mol. The van der Waals surface area contributed by atoms with Crippen LogP contribution in [-0.2, 0) is 11.2 Å². The normalized spacial score (nSPS) is 11.7. The Hall–Kier alpha value is -2.83. The van der Waals surface area contributed by atoms with E-state index in [1.165, 1.54) is 0 Å².